The van der Waals surface area contributed by atoms with E-state index < -0.39 is 6.09 Å². The largest absolute Gasteiger partial charge is 0.465 e. The number of benzene rings is 2. The molecule has 1 aliphatic rings. The third kappa shape index (κ3) is 5.48. The molecule has 0 saturated carbocycles. The fourth-order valence-corrected chi connectivity index (χ4v) is 3.29. The molecule has 0 bridgehead atoms. The molecule has 1 N–H and O–H groups in total. The summed E-state index contributed by atoms with van der Waals surface area (Å²) >= 11 is 0. The maximum Gasteiger partial charge on any atom is 0.410 e. The van der Waals surface area contributed by atoms with Crippen LogP contribution in [0.15, 0.2) is 60.7 Å². The van der Waals surface area contributed by atoms with E-state index in [0.29, 0.717) is 26.2 Å². The van der Waals surface area contributed by atoms with Crippen molar-refractivity contribution >= 4 is 12.2 Å². The highest BCUT2D eigenvalue weighted by atomic mass is 16.6. The highest BCUT2D eigenvalue weighted by molar-refractivity contribution is 5.68. The Labute approximate surface area is 159 Å². The monoisotopic (exact) mass is 368 g/mol. The normalized spacial score (nSPS) is 16.1. The summed E-state index contributed by atoms with van der Waals surface area (Å²) in [7, 11) is 0. The lowest BCUT2D eigenvalue weighted by molar-refractivity contribution is 0.0876. The highest BCUT2D eigenvalue weighted by Crippen LogP contribution is 2.19. The van der Waals surface area contributed by atoms with Crippen LogP contribution in [0.5, 0.6) is 0 Å². The van der Waals surface area contributed by atoms with Crippen LogP contribution in [0.25, 0.3) is 0 Å². The third-order valence-electron chi connectivity index (χ3n) is 4.71. The van der Waals surface area contributed by atoms with E-state index in [2.05, 4.69) is 0 Å². The summed E-state index contributed by atoms with van der Waals surface area (Å²) in [4.78, 5) is 26.9. The minimum atomic E-state index is -0.904. The molecule has 0 aromatic heterocycles. The number of carbonyl (C=O) groups excluding carboxylic acids is 1. The Balaban J connectivity index is 1.63. The Hall–Kier alpha value is -3.02. The minimum Gasteiger partial charge on any atom is -0.465 e. The second-order valence-electron chi connectivity index (χ2n) is 6.79. The number of carbonyl (C=O) groups is 2. The van der Waals surface area contributed by atoms with Gasteiger partial charge in [-0.25, -0.2) is 9.59 Å². The zero-order chi connectivity index (χ0) is 19.1. The van der Waals surface area contributed by atoms with Crippen LogP contribution < -0.4 is 0 Å². The molecule has 27 heavy (non-hydrogen) atoms. The van der Waals surface area contributed by atoms with Gasteiger partial charge < -0.3 is 19.6 Å². The van der Waals surface area contributed by atoms with Gasteiger partial charge in [-0.15, -0.1) is 0 Å². The second-order valence-corrected chi connectivity index (χ2v) is 6.79. The zero-order valence-electron chi connectivity index (χ0n) is 15.2. The average Bonchev–Trinajstić information content (AvgIpc) is 3.16. The van der Waals surface area contributed by atoms with Crippen molar-refractivity contribution in [1.29, 1.82) is 0 Å². The van der Waals surface area contributed by atoms with Crippen molar-refractivity contribution < 1.29 is 19.4 Å². The van der Waals surface area contributed by atoms with Crippen LogP contribution in [0, 0.1) is 5.92 Å². The van der Waals surface area contributed by atoms with Gasteiger partial charge in [-0.2, -0.15) is 0 Å². The molecule has 1 unspecified atom stereocenters. The Morgan fingerprint density at radius 3 is 2.26 bits per heavy atom. The fraction of sp³-hybridized carbons (Fsp3) is 0.333. The lowest BCUT2D eigenvalue weighted by Gasteiger charge is -2.25. The summed E-state index contributed by atoms with van der Waals surface area (Å²) in [6.45, 7) is 2.10. The van der Waals surface area contributed by atoms with E-state index in [-0.39, 0.29) is 18.6 Å². The van der Waals surface area contributed by atoms with Crippen LogP contribution in [0.4, 0.5) is 9.59 Å². The number of hydrogen-bond donors (Lipinski definition) is 1. The number of amides is 2. The SMILES string of the molecule is O=C(O)N1CCC(CN(Cc2ccccc2)C(=O)OCc2ccccc2)C1. The van der Waals surface area contributed by atoms with Crippen molar-refractivity contribution in [1.82, 2.24) is 9.80 Å². The molecular weight excluding hydrogens is 344 g/mol. The molecule has 0 radical (unpaired) electrons. The Morgan fingerprint density at radius 2 is 1.67 bits per heavy atom. The standard InChI is InChI=1S/C21H24N2O4/c24-20(25)22-12-11-19(14-22)15-23(13-17-7-3-1-4-8-17)21(26)27-16-18-9-5-2-6-10-18/h1-10,19H,11-16H2,(H,24,25). The maximum atomic E-state index is 12.7. The van der Waals surface area contributed by atoms with E-state index in [4.69, 9.17) is 9.84 Å². The lowest BCUT2D eigenvalue weighted by Crippen LogP contribution is -2.36. The Morgan fingerprint density at radius 1 is 1.04 bits per heavy atom. The van der Waals surface area contributed by atoms with Crippen LogP contribution >= 0.6 is 0 Å². The Bertz CT molecular complexity index is 751. The summed E-state index contributed by atoms with van der Waals surface area (Å²) < 4.78 is 5.50. The summed E-state index contributed by atoms with van der Waals surface area (Å²) in [6, 6.07) is 19.3. The first-order valence-electron chi connectivity index (χ1n) is 9.09. The molecule has 1 atom stereocenters. The second kappa shape index (κ2) is 9.07. The van der Waals surface area contributed by atoms with E-state index in [1.54, 1.807) is 4.90 Å². The first-order chi connectivity index (χ1) is 13.1. The predicted octanol–water partition coefficient (Wildman–Crippen LogP) is 3.83. The van der Waals surface area contributed by atoms with Gasteiger partial charge in [0.15, 0.2) is 0 Å². The van der Waals surface area contributed by atoms with Gasteiger partial charge in [0.25, 0.3) is 0 Å². The van der Waals surface area contributed by atoms with Gasteiger partial charge in [0.05, 0.1) is 0 Å². The third-order valence-corrected chi connectivity index (χ3v) is 4.71. The molecule has 2 aromatic rings. The molecule has 3 rings (SSSR count). The molecule has 1 aliphatic heterocycles. The zero-order valence-corrected chi connectivity index (χ0v) is 15.2. The van der Waals surface area contributed by atoms with Gasteiger partial charge in [-0.05, 0) is 23.5 Å². The molecule has 1 saturated heterocycles. The molecule has 2 amide bonds. The van der Waals surface area contributed by atoms with Crippen LogP contribution in [0.3, 0.4) is 0 Å². The van der Waals surface area contributed by atoms with Crippen molar-refractivity contribution in [3.8, 4) is 0 Å². The first-order valence-corrected chi connectivity index (χ1v) is 9.09. The molecule has 0 aliphatic carbocycles. The number of rotatable bonds is 6. The number of nitrogens with zero attached hydrogens (tertiary/aromatic N) is 2. The van der Waals surface area contributed by atoms with Gasteiger partial charge in [-0.3, -0.25) is 0 Å². The molecule has 1 fully saturated rings. The summed E-state index contributed by atoms with van der Waals surface area (Å²) in [6.07, 6.45) is -0.529. The lowest BCUT2D eigenvalue weighted by atomic mass is 10.1. The van der Waals surface area contributed by atoms with Crippen molar-refractivity contribution in [3.63, 3.8) is 0 Å². The van der Waals surface area contributed by atoms with Gasteiger partial charge in [0, 0.05) is 26.2 Å². The topological polar surface area (TPSA) is 70.1 Å². The molecule has 0 spiro atoms. The van der Waals surface area contributed by atoms with Crippen molar-refractivity contribution in [2.24, 2.45) is 5.92 Å². The van der Waals surface area contributed by atoms with Crippen LogP contribution in [-0.2, 0) is 17.9 Å². The van der Waals surface area contributed by atoms with E-state index in [1.807, 2.05) is 60.7 Å². The highest BCUT2D eigenvalue weighted by Gasteiger charge is 2.29. The number of ether oxygens (including phenoxy) is 1. The van der Waals surface area contributed by atoms with Crippen LogP contribution in [0.1, 0.15) is 17.5 Å². The maximum absolute atomic E-state index is 12.7. The summed E-state index contributed by atoms with van der Waals surface area (Å²) in [5, 5.41) is 9.14. The number of carboxylic acid groups (broad SMARTS) is 1. The van der Waals surface area contributed by atoms with E-state index in [9.17, 15) is 9.59 Å². The van der Waals surface area contributed by atoms with Crippen molar-refractivity contribution in [2.75, 3.05) is 19.6 Å². The average molecular weight is 368 g/mol. The van der Waals surface area contributed by atoms with Crippen molar-refractivity contribution in [2.45, 2.75) is 19.6 Å². The van der Waals surface area contributed by atoms with Gasteiger partial charge in [-0.1, -0.05) is 60.7 Å². The minimum absolute atomic E-state index is 0.120. The predicted molar refractivity (Wildman–Crippen MR) is 101 cm³/mol. The van der Waals surface area contributed by atoms with Gasteiger partial charge in [0.2, 0.25) is 0 Å². The molecular formula is C21H24N2O4. The Kier molecular flexibility index (Phi) is 6.30. The summed E-state index contributed by atoms with van der Waals surface area (Å²) in [5.41, 5.74) is 1.95. The molecule has 6 heteroatoms. The quantitative estimate of drug-likeness (QED) is 0.841. The number of likely N-dealkylation sites (tertiary alicyclic amines) is 1. The van der Waals surface area contributed by atoms with Gasteiger partial charge >= 0.3 is 12.2 Å². The van der Waals surface area contributed by atoms with Crippen LogP contribution in [-0.4, -0.2) is 46.7 Å². The molecule has 1 heterocycles. The summed E-state index contributed by atoms with van der Waals surface area (Å²) in [5.74, 6) is 0.120. The van der Waals surface area contributed by atoms with Crippen LogP contribution in [0.2, 0.25) is 0 Å². The number of hydrogen-bond acceptors (Lipinski definition) is 3. The molecule has 2 aromatic carbocycles. The smallest absolute Gasteiger partial charge is 0.410 e. The molecule has 6 nitrogen and oxygen atoms in total. The van der Waals surface area contributed by atoms with E-state index in [1.165, 1.54) is 4.90 Å². The van der Waals surface area contributed by atoms with Crippen molar-refractivity contribution in [3.05, 3.63) is 71.8 Å². The van der Waals surface area contributed by atoms with E-state index >= 15 is 0 Å². The molecule has 142 valence electrons. The van der Waals surface area contributed by atoms with E-state index in [0.717, 1.165) is 17.5 Å². The van der Waals surface area contributed by atoms with Gasteiger partial charge in [0.1, 0.15) is 6.61 Å². The fourth-order valence-electron chi connectivity index (χ4n) is 3.29. The first kappa shape index (κ1) is 18.8.